The molecular weight excluding hydrogens is 1180 g/mol. The number of aliphatic hydroxyl groups is 1. The maximum atomic E-state index is 12.4. The molecule has 91 heavy (non-hydrogen) atoms. The van der Waals surface area contributed by atoms with Gasteiger partial charge in [-0.1, -0.05) is 172 Å². The predicted molar refractivity (Wildman–Crippen MR) is 366 cm³/mol. The number of hydrogen-bond acceptors (Lipinski definition) is 13. The van der Waals surface area contributed by atoms with E-state index in [1.807, 2.05) is 147 Å². The van der Waals surface area contributed by atoms with E-state index in [0.717, 1.165) is 76.9 Å². The molecule has 2 fully saturated rings. The normalized spacial score (nSPS) is 17.6. The summed E-state index contributed by atoms with van der Waals surface area (Å²) in [6, 6.07) is 55.5. The number of methoxy groups -OCH3 is 2. The van der Waals surface area contributed by atoms with Crippen molar-refractivity contribution in [3.05, 3.63) is 205 Å². The summed E-state index contributed by atoms with van der Waals surface area (Å²) in [5.41, 5.74) is 9.55. The standard InChI is InChI=1S/C17H20N2S.C16H25NO2.C15H15NO2S.C14H14O3.C11H16N2O3/c1-13(18(2)3)12-19-14-8-4-6-10-16(14)20-17-11-7-5-9-15(17)19;1-17(2)12-14-7-4-5-10-16(14,18)13-8-6-9-15(11-13)19-3;16-14(17)11-19(18)15(12-7-3-1-4-8-12)13-9-5-2-6-10-13;1-9(14(15)16)10-3-4-12-8-13(17-2)6-5-11(12)7-10;1-4-6-11(7(3)5-2)8(14)12-10(16)13-9(11)15/h4-11,13H,12H2,1-3H3;6,8-9,11,14,18H,4-5,7,10,12H2,1-3H3;1-10,15H,11H2,(H2,16,17);3-9H,1-2H3,(H,15,16);4,7H,1,5-6H2,2-3H3,(H2,12,13,14,15,16)/t;14-,16+;;9-;/m.1.0./s1. The number of allylic oxidation sites excluding steroid dienone is 1. The molecule has 5 amide bonds. The Labute approximate surface area is 544 Å². The number of imide groups is 2. The van der Waals surface area contributed by atoms with E-state index in [1.165, 1.54) is 33.7 Å². The number of primary amides is 1. The third kappa shape index (κ3) is 19.0. The summed E-state index contributed by atoms with van der Waals surface area (Å²) < 4.78 is 22.8. The maximum absolute atomic E-state index is 12.4. The van der Waals surface area contributed by atoms with Crippen molar-refractivity contribution in [2.75, 3.05) is 66.2 Å². The average molecular weight is 1280 g/mol. The highest BCUT2D eigenvalue weighted by Gasteiger charge is 2.52. The summed E-state index contributed by atoms with van der Waals surface area (Å²) in [5.74, 6) is -1.27. The number of nitrogens with zero attached hydrogens (tertiary/aromatic N) is 3. The van der Waals surface area contributed by atoms with Crippen LogP contribution in [-0.4, -0.2) is 121 Å². The first-order valence-electron chi connectivity index (χ1n) is 30.7. The molecule has 7 aromatic rings. The number of hydrogen-bond donors (Lipinski definition) is 5. The van der Waals surface area contributed by atoms with Crippen LogP contribution < -0.4 is 30.7 Å². The van der Waals surface area contributed by atoms with E-state index in [4.69, 9.17) is 20.3 Å². The summed E-state index contributed by atoms with van der Waals surface area (Å²) in [6.07, 6.45) is 6.67. The fourth-order valence-electron chi connectivity index (χ4n) is 11.3. The molecule has 0 aromatic heterocycles. The monoisotopic (exact) mass is 1270 g/mol. The van der Waals surface area contributed by atoms with E-state index in [1.54, 1.807) is 21.1 Å². The number of carboxylic acid groups (broad SMARTS) is 1. The Balaban J connectivity index is 0.000000181. The quantitative estimate of drug-likeness (QED) is 0.0376. The highest BCUT2D eigenvalue weighted by molar-refractivity contribution is 7.99. The number of barbiturate groups is 1. The minimum atomic E-state index is -1.36. The molecule has 1 saturated carbocycles. The van der Waals surface area contributed by atoms with Crippen LogP contribution in [0.15, 0.2) is 192 Å². The van der Waals surface area contributed by atoms with Crippen LogP contribution >= 0.6 is 11.8 Å². The van der Waals surface area contributed by atoms with E-state index < -0.39 is 57.5 Å². The lowest BCUT2D eigenvalue weighted by Gasteiger charge is -2.41. The Morgan fingerprint density at radius 1 is 0.736 bits per heavy atom. The molecule has 484 valence electrons. The smallest absolute Gasteiger partial charge is 0.328 e. The fraction of sp³-hybridized carbons (Fsp3) is 0.356. The number of rotatable bonds is 19. The number of ether oxygens (including phenoxy) is 2. The zero-order valence-electron chi connectivity index (χ0n) is 54.1. The van der Waals surface area contributed by atoms with Crippen molar-refractivity contribution in [2.45, 2.75) is 98.8 Å². The third-order valence-corrected chi connectivity index (χ3v) is 19.7. The van der Waals surface area contributed by atoms with Gasteiger partial charge >= 0.3 is 12.0 Å². The van der Waals surface area contributed by atoms with Crippen molar-refractivity contribution in [1.82, 2.24) is 20.4 Å². The maximum Gasteiger partial charge on any atom is 0.328 e. The van der Waals surface area contributed by atoms with Gasteiger partial charge in [0, 0.05) is 45.6 Å². The van der Waals surface area contributed by atoms with Gasteiger partial charge in [0.15, 0.2) is 0 Å². The van der Waals surface area contributed by atoms with Crippen LogP contribution in [-0.2, 0) is 35.6 Å². The molecule has 6 atom stereocenters. The first kappa shape index (κ1) is 71.9. The summed E-state index contributed by atoms with van der Waals surface area (Å²) in [5, 5.41) is 26.2. The summed E-state index contributed by atoms with van der Waals surface area (Å²) in [6.45, 7) is 13.2. The van der Waals surface area contributed by atoms with Crippen LogP contribution in [0, 0.1) is 17.3 Å². The van der Waals surface area contributed by atoms with E-state index in [0.29, 0.717) is 18.4 Å². The van der Waals surface area contributed by atoms with Crippen LogP contribution in [0.4, 0.5) is 16.2 Å². The highest BCUT2D eigenvalue weighted by Crippen LogP contribution is 2.48. The van der Waals surface area contributed by atoms with Gasteiger partial charge in [-0.05, 0) is 149 Å². The number of aliphatic carboxylic acids is 1. The number of carboxylic acids is 1. The number of likely N-dealkylation sites (N-methyl/N-ethyl adjacent to an activating group) is 1. The molecule has 1 aliphatic carbocycles. The van der Waals surface area contributed by atoms with Gasteiger partial charge in [-0.25, -0.2) is 4.79 Å². The van der Waals surface area contributed by atoms with Gasteiger partial charge in [-0.3, -0.25) is 34.0 Å². The zero-order chi connectivity index (χ0) is 66.4. The predicted octanol–water partition coefficient (Wildman–Crippen LogP) is 12.9. The Morgan fingerprint density at radius 2 is 1.27 bits per heavy atom. The first-order chi connectivity index (χ1) is 43.5. The third-order valence-electron chi connectivity index (χ3n) is 16.9. The molecule has 2 aliphatic heterocycles. The van der Waals surface area contributed by atoms with E-state index in [-0.39, 0.29) is 23.3 Å². The lowest BCUT2D eigenvalue weighted by molar-refractivity contribution is -0.148. The molecule has 3 unspecified atom stereocenters. The molecule has 6 N–H and O–H groups in total. The molecule has 10 rings (SSSR count). The summed E-state index contributed by atoms with van der Waals surface area (Å²) >= 11 is 1.87. The Kier molecular flexibility index (Phi) is 27.1. The highest BCUT2D eigenvalue weighted by atomic mass is 32.2. The lowest BCUT2D eigenvalue weighted by atomic mass is 9.70. The number of benzene rings is 7. The first-order valence-corrected chi connectivity index (χ1v) is 32.9. The Morgan fingerprint density at radius 3 is 1.79 bits per heavy atom. The van der Waals surface area contributed by atoms with Crippen molar-refractivity contribution in [3.63, 3.8) is 0 Å². The van der Waals surface area contributed by atoms with Gasteiger partial charge in [0.25, 0.3) is 0 Å². The van der Waals surface area contributed by atoms with Gasteiger partial charge in [0.2, 0.25) is 17.7 Å². The molecule has 3 aliphatic rings. The number of para-hydroxylation sites is 2. The van der Waals surface area contributed by atoms with E-state index in [2.05, 4.69) is 116 Å². The largest absolute Gasteiger partial charge is 0.497 e. The number of carbonyl (C=O) groups is 5. The lowest BCUT2D eigenvalue weighted by Crippen LogP contribution is -2.64. The van der Waals surface area contributed by atoms with Crippen LogP contribution in [0.1, 0.15) is 99.6 Å². The van der Waals surface area contributed by atoms with E-state index in [9.17, 15) is 33.3 Å². The van der Waals surface area contributed by atoms with Gasteiger partial charge in [-0.2, -0.15) is 0 Å². The average Bonchev–Trinajstić information content (AvgIpc) is 0.834. The minimum absolute atomic E-state index is 0.131. The Bertz CT molecular complexity index is 3480. The molecule has 18 heteroatoms. The van der Waals surface area contributed by atoms with Crippen molar-refractivity contribution in [1.29, 1.82) is 0 Å². The molecule has 1 saturated heterocycles. The molecule has 0 spiro atoms. The number of nitrogens with one attached hydrogen (secondary N) is 2. The number of amides is 5. The number of urea groups is 1. The van der Waals surface area contributed by atoms with Gasteiger partial charge in [0.05, 0.1) is 42.4 Å². The summed E-state index contributed by atoms with van der Waals surface area (Å²) in [7, 11) is 10.4. The minimum Gasteiger partial charge on any atom is -0.497 e. The second-order valence-corrected chi connectivity index (χ2v) is 26.2. The molecule has 7 aromatic carbocycles. The number of nitrogens with two attached hydrogens (primary N) is 1. The second kappa shape index (κ2) is 34.3. The molecule has 0 bridgehead atoms. The van der Waals surface area contributed by atoms with Crippen molar-refractivity contribution < 1.29 is 47.9 Å². The van der Waals surface area contributed by atoms with Crippen LogP contribution in [0.25, 0.3) is 10.8 Å². The molecular formula is C73H90N6O10S2. The molecule has 0 radical (unpaired) electrons. The van der Waals surface area contributed by atoms with Crippen LogP contribution in [0.3, 0.4) is 0 Å². The van der Waals surface area contributed by atoms with Crippen LogP contribution in [0.2, 0.25) is 0 Å². The Hall–Kier alpha value is -8.13. The number of anilines is 2. The van der Waals surface area contributed by atoms with Crippen molar-refractivity contribution in [3.8, 4) is 11.5 Å². The van der Waals surface area contributed by atoms with Crippen molar-refractivity contribution in [2.24, 2.45) is 23.0 Å². The van der Waals surface area contributed by atoms with Crippen LogP contribution in [0.5, 0.6) is 11.5 Å². The second-order valence-electron chi connectivity index (χ2n) is 23.6. The van der Waals surface area contributed by atoms with Gasteiger partial charge in [-0.15, -0.1) is 6.58 Å². The summed E-state index contributed by atoms with van der Waals surface area (Å²) in [4.78, 5) is 66.3. The van der Waals surface area contributed by atoms with Crippen molar-refractivity contribution >= 4 is 74.4 Å². The molecule has 2 heterocycles. The fourth-order valence-corrected chi connectivity index (χ4v) is 13.8. The SMILES string of the molecule is C=CCC1(C(C)CC)C(=O)NC(=O)NC1=O.CC(CN1c2ccccc2Sc2ccccc21)N(C)C.COc1ccc2cc([C@H](C)C(=O)O)ccc2c1.COc1cccc([C@@]2(O)CCCC[C@@H]2CN(C)C)c1.NC(=O)CS(=O)C(c1ccccc1)c1ccccc1. The molecule has 16 nitrogen and oxygen atoms in total. The van der Waals surface area contributed by atoms with Gasteiger partial charge < -0.3 is 40.1 Å². The number of fused-ring (bicyclic) bond motifs is 3. The topological polar surface area (TPSA) is 221 Å². The van der Waals surface area contributed by atoms with Gasteiger partial charge in [0.1, 0.15) is 22.7 Å². The van der Waals surface area contributed by atoms with E-state index >= 15 is 0 Å². The zero-order valence-corrected chi connectivity index (χ0v) is 55.7. The number of carbonyl (C=O) groups excluding carboxylic acids is 4.